The summed E-state index contributed by atoms with van der Waals surface area (Å²) in [6.07, 6.45) is 4.19. The molecule has 0 aliphatic heterocycles. The maximum absolute atomic E-state index is 9.45. The van der Waals surface area contributed by atoms with Crippen LogP contribution in [0.5, 0.6) is 0 Å². The summed E-state index contributed by atoms with van der Waals surface area (Å²) < 4.78 is 0.964. The Bertz CT molecular complexity index is 205. The van der Waals surface area contributed by atoms with Gasteiger partial charge in [-0.25, -0.2) is 0 Å². The van der Waals surface area contributed by atoms with Crippen molar-refractivity contribution in [3.63, 3.8) is 0 Å². The SMILES string of the molecule is OC1(Br)C=C(Br)C=C(Br)C1. The van der Waals surface area contributed by atoms with Crippen molar-refractivity contribution in [2.24, 2.45) is 0 Å². The van der Waals surface area contributed by atoms with Gasteiger partial charge in [-0.3, -0.25) is 0 Å². The van der Waals surface area contributed by atoms with Crippen molar-refractivity contribution in [2.75, 3.05) is 0 Å². The minimum absolute atomic E-state index is 0.572. The quantitative estimate of drug-likeness (QED) is 0.676. The summed E-state index contributed by atoms with van der Waals surface area (Å²) in [4.78, 5) is 0. The zero-order valence-electron chi connectivity index (χ0n) is 4.94. The van der Waals surface area contributed by atoms with Crippen molar-refractivity contribution < 1.29 is 5.11 Å². The summed E-state index contributed by atoms with van der Waals surface area (Å²) >= 11 is 9.73. The maximum Gasteiger partial charge on any atom is 0.144 e. The summed E-state index contributed by atoms with van der Waals surface area (Å²) in [5.74, 6) is 0. The molecule has 0 saturated carbocycles. The van der Waals surface area contributed by atoms with E-state index in [9.17, 15) is 5.11 Å². The van der Waals surface area contributed by atoms with E-state index in [0.717, 1.165) is 8.96 Å². The van der Waals surface area contributed by atoms with Crippen LogP contribution in [0, 0.1) is 0 Å². The van der Waals surface area contributed by atoms with E-state index in [1.54, 1.807) is 6.08 Å². The second kappa shape index (κ2) is 3.09. The van der Waals surface area contributed by atoms with E-state index < -0.39 is 4.51 Å². The molecular formula is C6H5Br3O. The Morgan fingerprint density at radius 2 is 2.10 bits per heavy atom. The molecule has 0 fully saturated rings. The molecule has 1 unspecified atom stereocenters. The highest BCUT2D eigenvalue weighted by atomic mass is 79.9. The Kier molecular flexibility index (Phi) is 2.77. The van der Waals surface area contributed by atoms with E-state index in [1.165, 1.54) is 0 Å². The second-order valence-corrected chi connectivity index (χ2v) is 5.42. The number of halogens is 3. The van der Waals surface area contributed by atoms with Gasteiger partial charge in [0, 0.05) is 15.4 Å². The van der Waals surface area contributed by atoms with E-state index in [1.807, 2.05) is 6.08 Å². The average Bonchev–Trinajstić information content (AvgIpc) is 1.54. The lowest BCUT2D eigenvalue weighted by Gasteiger charge is -2.20. The third kappa shape index (κ3) is 2.49. The highest BCUT2D eigenvalue weighted by Crippen LogP contribution is 2.35. The van der Waals surface area contributed by atoms with Crippen LogP contribution in [0.1, 0.15) is 6.42 Å². The van der Waals surface area contributed by atoms with Crippen molar-refractivity contribution in [1.29, 1.82) is 0 Å². The topological polar surface area (TPSA) is 20.2 Å². The maximum atomic E-state index is 9.45. The van der Waals surface area contributed by atoms with Crippen LogP contribution in [0.15, 0.2) is 21.1 Å². The second-order valence-electron chi connectivity index (χ2n) is 2.12. The van der Waals surface area contributed by atoms with Gasteiger partial charge in [0.15, 0.2) is 0 Å². The molecule has 1 nitrogen and oxygen atoms in total. The first kappa shape index (κ1) is 8.97. The molecule has 0 aromatic carbocycles. The molecule has 0 aromatic heterocycles. The molecule has 1 N–H and O–H groups in total. The number of hydrogen-bond donors (Lipinski definition) is 1. The lowest BCUT2D eigenvalue weighted by Crippen LogP contribution is -2.18. The van der Waals surface area contributed by atoms with Gasteiger partial charge in [-0.2, -0.15) is 0 Å². The molecule has 1 aliphatic carbocycles. The average molecular weight is 333 g/mol. The van der Waals surface area contributed by atoms with Crippen molar-refractivity contribution in [3.05, 3.63) is 21.1 Å². The van der Waals surface area contributed by atoms with Crippen LogP contribution in [0.2, 0.25) is 0 Å². The summed E-state index contributed by atoms with van der Waals surface area (Å²) in [5, 5.41) is 9.45. The first-order valence-corrected chi connectivity index (χ1v) is 5.03. The molecular weight excluding hydrogens is 328 g/mol. The molecule has 0 amide bonds. The molecule has 1 atom stereocenters. The zero-order chi connectivity index (χ0) is 7.78. The molecule has 1 aliphatic rings. The Morgan fingerprint density at radius 3 is 2.50 bits per heavy atom. The monoisotopic (exact) mass is 330 g/mol. The fraction of sp³-hybridized carbons (Fsp3) is 0.333. The third-order valence-electron chi connectivity index (χ3n) is 1.07. The highest BCUT2D eigenvalue weighted by molar-refractivity contribution is 9.12. The fourth-order valence-corrected chi connectivity index (χ4v) is 3.61. The van der Waals surface area contributed by atoms with Gasteiger partial charge in [-0.15, -0.1) is 0 Å². The van der Waals surface area contributed by atoms with E-state index in [0.29, 0.717) is 6.42 Å². The Labute approximate surface area is 84.6 Å². The molecule has 1 rings (SSSR count). The molecule has 0 aromatic rings. The normalized spacial score (nSPS) is 33.2. The molecule has 0 bridgehead atoms. The summed E-state index contributed by atoms with van der Waals surface area (Å²) in [6, 6.07) is 0. The van der Waals surface area contributed by atoms with Gasteiger partial charge in [0.25, 0.3) is 0 Å². The summed E-state index contributed by atoms with van der Waals surface area (Å²) in [7, 11) is 0. The Hall–Kier alpha value is 0.880. The van der Waals surface area contributed by atoms with Crippen LogP contribution in [0.4, 0.5) is 0 Å². The van der Waals surface area contributed by atoms with Gasteiger partial charge in [0.2, 0.25) is 0 Å². The van der Waals surface area contributed by atoms with Gasteiger partial charge < -0.3 is 5.11 Å². The van der Waals surface area contributed by atoms with E-state index in [-0.39, 0.29) is 0 Å². The lowest BCUT2D eigenvalue weighted by molar-refractivity contribution is 0.196. The van der Waals surface area contributed by atoms with Gasteiger partial charge in [0.1, 0.15) is 4.51 Å². The van der Waals surface area contributed by atoms with Crippen molar-refractivity contribution in [2.45, 2.75) is 10.9 Å². The summed E-state index contributed by atoms with van der Waals surface area (Å²) in [6.45, 7) is 0. The fourth-order valence-electron chi connectivity index (χ4n) is 0.741. The number of hydrogen-bond acceptors (Lipinski definition) is 1. The van der Waals surface area contributed by atoms with Crippen LogP contribution < -0.4 is 0 Å². The highest BCUT2D eigenvalue weighted by Gasteiger charge is 2.24. The predicted molar refractivity (Wildman–Crippen MR) is 52.5 cm³/mol. The first-order chi connectivity index (χ1) is 4.49. The van der Waals surface area contributed by atoms with Gasteiger partial charge in [-0.1, -0.05) is 31.9 Å². The van der Waals surface area contributed by atoms with E-state index in [2.05, 4.69) is 47.8 Å². The standard InChI is InChI=1S/C6H5Br3O/c7-4-1-5(8)3-6(9,10)2-4/h1-2,10H,3H2. The molecule has 0 saturated heterocycles. The van der Waals surface area contributed by atoms with Crippen molar-refractivity contribution in [3.8, 4) is 0 Å². The molecule has 56 valence electrons. The largest absolute Gasteiger partial charge is 0.375 e. The van der Waals surface area contributed by atoms with Crippen molar-refractivity contribution in [1.82, 2.24) is 0 Å². The Morgan fingerprint density at radius 1 is 1.50 bits per heavy atom. The van der Waals surface area contributed by atoms with Crippen LogP contribution in [-0.4, -0.2) is 9.62 Å². The number of alkyl halides is 1. The number of allylic oxidation sites excluding steroid dienone is 2. The van der Waals surface area contributed by atoms with Crippen LogP contribution in [0.25, 0.3) is 0 Å². The molecule has 0 heterocycles. The van der Waals surface area contributed by atoms with E-state index >= 15 is 0 Å². The molecule has 0 radical (unpaired) electrons. The lowest BCUT2D eigenvalue weighted by atomic mass is 10.1. The first-order valence-electron chi connectivity index (χ1n) is 2.65. The van der Waals surface area contributed by atoms with E-state index in [4.69, 9.17) is 0 Å². The molecule has 0 spiro atoms. The van der Waals surface area contributed by atoms with Gasteiger partial charge in [0.05, 0.1) is 0 Å². The number of rotatable bonds is 0. The smallest absolute Gasteiger partial charge is 0.144 e. The van der Waals surface area contributed by atoms with Gasteiger partial charge >= 0.3 is 0 Å². The van der Waals surface area contributed by atoms with Crippen LogP contribution in [0.3, 0.4) is 0 Å². The minimum Gasteiger partial charge on any atom is -0.375 e. The number of aliphatic hydroxyl groups is 1. The zero-order valence-corrected chi connectivity index (χ0v) is 9.70. The van der Waals surface area contributed by atoms with Crippen LogP contribution >= 0.6 is 47.8 Å². The minimum atomic E-state index is -0.889. The summed E-state index contributed by atoms with van der Waals surface area (Å²) in [5.41, 5.74) is 0. The molecule has 10 heavy (non-hydrogen) atoms. The van der Waals surface area contributed by atoms with Gasteiger partial charge in [-0.05, 0) is 28.1 Å². The predicted octanol–water partition coefficient (Wildman–Crippen LogP) is 3.03. The van der Waals surface area contributed by atoms with Crippen LogP contribution in [-0.2, 0) is 0 Å². The Balaban J connectivity index is 2.88. The van der Waals surface area contributed by atoms with Crippen molar-refractivity contribution >= 4 is 47.8 Å². The third-order valence-corrected chi connectivity index (χ3v) is 2.55. The molecule has 4 heteroatoms.